The van der Waals surface area contributed by atoms with Crippen molar-refractivity contribution in [3.8, 4) is 11.1 Å². The number of amides is 1. The molecule has 0 heterocycles. The molecule has 2 aromatic rings. The van der Waals surface area contributed by atoms with Crippen molar-refractivity contribution in [2.75, 3.05) is 12.0 Å². The maximum absolute atomic E-state index is 14.3. The number of benzene rings is 2. The Bertz CT molecular complexity index is 898. The van der Waals surface area contributed by atoms with Crippen molar-refractivity contribution in [1.82, 2.24) is 4.72 Å². The van der Waals surface area contributed by atoms with Gasteiger partial charge in [0.1, 0.15) is 11.6 Å². The Hall–Kier alpha value is -2.48. The third-order valence-corrected chi connectivity index (χ3v) is 4.03. The summed E-state index contributed by atoms with van der Waals surface area (Å²) in [4.78, 5) is 11.8. The molecule has 0 bridgehead atoms. The molecular weight excluding hydrogens is 338 g/mol. The van der Waals surface area contributed by atoms with Crippen molar-refractivity contribution < 1.29 is 22.0 Å². The minimum atomic E-state index is -3.70. The second kappa shape index (κ2) is 6.56. The molecule has 0 aliphatic rings. The van der Waals surface area contributed by atoms with Gasteiger partial charge >= 0.3 is 0 Å². The number of carbonyl (C=O) groups excluding carboxylic acids is 1. The van der Waals surface area contributed by atoms with Crippen molar-refractivity contribution >= 4 is 21.6 Å². The smallest absolute Gasteiger partial charge is 0.240 e. The summed E-state index contributed by atoms with van der Waals surface area (Å²) in [6.07, 6.45) is 0.852. The van der Waals surface area contributed by atoms with Crippen molar-refractivity contribution in [2.45, 2.75) is 12.8 Å². The lowest BCUT2D eigenvalue weighted by molar-refractivity contribution is -0.120. The SMILES string of the molecule is CC(C(=O)NS(C)(=O)=O)c1ccc(-c2ccc(N)cc2F)c(F)c1. The molecule has 1 atom stereocenters. The summed E-state index contributed by atoms with van der Waals surface area (Å²) in [5.41, 5.74) is 6.02. The fraction of sp³-hybridized carbons (Fsp3) is 0.188. The molecule has 0 radical (unpaired) electrons. The van der Waals surface area contributed by atoms with Crippen LogP contribution in [0.25, 0.3) is 11.1 Å². The number of sulfonamides is 1. The molecule has 5 nitrogen and oxygen atoms in total. The number of carbonyl (C=O) groups is 1. The zero-order valence-electron chi connectivity index (χ0n) is 13.0. The highest BCUT2D eigenvalue weighted by Crippen LogP contribution is 2.29. The number of hydrogen-bond acceptors (Lipinski definition) is 4. The number of nitrogens with two attached hydrogens (primary N) is 1. The summed E-state index contributed by atoms with van der Waals surface area (Å²) in [5, 5.41) is 0. The summed E-state index contributed by atoms with van der Waals surface area (Å²) in [6, 6.07) is 7.77. The Kier molecular flexibility index (Phi) is 4.88. The Labute approximate surface area is 138 Å². The molecular formula is C16H16F2N2O3S. The van der Waals surface area contributed by atoms with E-state index in [0.717, 1.165) is 18.4 Å². The summed E-state index contributed by atoms with van der Waals surface area (Å²) in [7, 11) is -3.70. The van der Waals surface area contributed by atoms with Gasteiger partial charge in [-0.3, -0.25) is 9.52 Å². The number of halogens is 2. The van der Waals surface area contributed by atoms with E-state index in [4.69, 9.17) is 5.73 Å². The minimum Gasteiger partial charge on any atom is -0.399 e. The molecule has 128 valence electrons. The standard InChI is InChI=1S/C16H16F2N2O3S/c1-9(16(21)20-24(2,22)23)10-3-5-12(14(17)7-10)13-6-4-11(19)8-15(13)18/h3-9H,19H2,1-2H3,(H,20,21). The Morgan fingerprint density at radius 2 is 1.62 bits per heavy atom. The van der Waals surface area contributed by atoms with E-state index in [9.17, 15) is 22.0 Å². The number of hydrogen-bond donors (Lipinski definition) is 2. The molecule has 2 rings (SSSR count). The van der Waals surface area contributed by atoms with Crippen LogP contribution in [0.2, 0.25) is 0 Å². The van der Waals surface area contributed by atoms with E-state index in [1.54, 1.807) is 0 Å². The predicted octanol–water partition coefficient (Wildman–Crippen LogP) is 2.39. The average molecular weight is 354 g/mol. The summed E-state index contributed by atoms with van der Waals surface area (Å²) >= 11 is 0. The fourth-order valence-electron chi connectivity index (χ4n) is 2.19. The first kappa shape index (κ1) is 17.9. The quantitative estimate of drug-likeness (QED) is 0.825. The van der Waals surface area contributed by atoms with Gasteiger partial charge in [-0.05, 0) is 36.8 Å². The van der Waals surface area contributed by atoms with Crippen LogP contribution in [-0.2, 0) is 14.8 Å². The second-order valence-electron chi connectivity index (χ2n) is 5.44. The van der Waals surface area contributed by atoms with Crippen LogP contribution in [0.1, 0.15) is 18.4 Å². The van der Waals surface area contributed by atoms with Crippen LogP contribution in [0.3, 0.4) is 0 Å². The third-order valence-electron chi connectivity index (χ3n) is 3.46. The molecule has 1 amide bonds. The number of anilines is 1. The topological polar surface area (TPSA) is 89.3 Å². The highest BCUT2D eigenvalue weighted by atomic mass is 32.2. The first-order chi connectivity index (χ1) is 11.1. The molecule has 0 saturated heterocycles. The monoisotopic (exact) mass is 354 g/mol. The van der Waals surface area contributed by atoms with Crippen LogP contribution < -0.4 is 10.5 Å². The van der Waals surface area contributed by atoms with Gasteiger partial charge in [0.2, 0.25) is 15.9 Å². The number of nitrogens with one attached hydrogen (secondary N) is 1. The summed E-state index contributed by atoms with van der Waals surface area (Å²) in [5.74, 6) is -3.05. The largest absolute Gasteiger partial charge is 0.399 e. The highest BCUT2D eigenvalue weighted by molar-refractivity contribution is 7.89. The van der Waals surface area contributed by atoms with Crippen LogP contribution in [-0.4, -0.2) is 20.6 Å². The van der Waals surface area contributed by atoms with Crippen LogP contribution >= 0.6 is 0 Å². The molecule has 3 N–H and O–H groups in total. The lowest BCUT2D eigenvalue weighted by Gasteiger charge is -2.13. The highest BCUT2D eigenvalue weighted by Gasteiger charge is 2.20. The Morgan fingerprint density at radius 1 is 1.08 bits per heavy atom. The maximum atomic E-state index is 14.3. The van der Waals surface area contributed by atoms with E-state index in [2.05, 4.69) is 0 Å². The van der Waals surface area contributed by atoms with E-state index in [-0.39, 0.29) is 22.4 Å². The summed E-state index contributed by atoms with van der Waals surface area (Å²) < 4.78 is 52.3. The van der Waals surface area contributed by atoms with Gasteiger partial charge in [0.25, 0.3) is 0 Å². The van der Waals surface area contributed by atoms with Crippen molar-refractivity contribution in [1.29, 1.82) is 0 Å². The normalized spacial score (nSPS) is 12.7. The number of rotatable bonds is 4. The van der Waals surface area contributed by atoms with Gasteiger partial charge in [0.05, 0.1) is 12.2 Å². The van der Waals surface area contributed by atoms with Crippen molar-refractivity contribution in [3.63, 3.8) is 0 Å². The van der Waals surface area contributed by atoms with Crippen LogP contribution in [0.4, 0.5) is 14.5 Å². The first-order valence-electron chi connectivity index (χ1n) is 6.95. The first-order valence-corrected chi connectivity index (χ1v) is 8.84. The molecule has 0 fully saturated rings. The maximum Gasteiger partial charge on any atom is 0.240 e. The molecule has 0 aliphatic heterocycles. The molecule has 0 aromatic heterocycles. The second-order valence-corrected chi connectivity index (χ2v) is 7.19. The predicted molar refractivity (Wildman–Crippen MR) is 87.6 cm³/mol. The van der Waals surface area contributed by atoms with Gasteiger partial charge < -0.3 is 5.73 Å². The van der Waals surface area contributed by atoms with Gasteiger partial charge in [-0.1, -0.05) is 12.1 Å². The van der Waals surface area contributed by atoms with Gasteiger partial charge in [-0.2, -0.15) is 0 Å². The van der Waals surface area contributed by atoms with Gasteiger partial charge in [0, 0.05) is 16.8 Å². The third kappa shape index (κ3) is 4.08. The lowest BCUT2D eigenvalue weighted by Crippen LogP contribution is -2.32. The zero-order valence-corrected chi connectivity index (χ0v) is 13.8. The molecule has 0 saturated carbocycles. The van der Waals surface area contributed by atoms with Gasteiger partial charge in [-0.25, -0.2) is 17.2 Å². The number of nitrogen functional groups attached to an aromatic ring is 1. The lowest BCUT2D eigenvalue weighted by atomic mass is 9.96. The average Bonchev–Trinajstić information content (AvgIpc) is 2.45. The molecule has 1 unspecified atom stereocenters. The van der Waals surface area contributed by atoms with Gasteiger partial charge in [-0.15, -0.1) is 0 Å². The van der Waals surface area contributed by atoms with E-state index in [0.29, 0.717) is 0 Å². The van der Waals surface area contributed by atoms with Crippen molar-refractivity contribution in [2.24, 2.45) is 0 Å². The van der Waals surface area contributed by atoms with E-state index < -0.39 is 33.5 Å². The van der Waals surface area contributed by atoms with Crippen molar-refractivity contribution in [3.05, 3.63) is 53.6 Å². The summed E-state index contributed by atoms with van der Waals surface area (Å²) in [6.45, 7) is 1.44. The molecule has 8 heteroatoms. The van der Waals surface area contributed by atoms with Crippen LogP contribution in [0, 0.1) is 11.6 Å². The molecule has 2 aromatic carbocycles. The Morgan fingerprint density at radius 3 is 2.12 bits per heavy atom. The van der Waals surface area contributed by atoms with Crippen LogP contribution in [0.5, 0.6) is 0 Å². The Balaban J connectivity index is 2.34. The van der Waals surface area contributed by atoms with E-state index in [1.807, 2.05) is 4.72 Å². The van der Waals surface area contributed by atoms with E-state index in [1.165, 1.54) is 31.2 Å². The van der Waals surface area contributed by atoms with E-state index >= 15 is 0 Å². The molecule has 24 heavy (non-hydrogen) atoms. The minimum absolute atomic E-state index is 0.0203. The fourth-order valence-corrected chi connectivity index (χ4v) is 2.73. The van der Waals surface area contributed by atoms with Crippen LogP contribution in [0.15, 0.2) is 36.4 Å². The molecule has 0 aliphatic carbocycles. The molecule has 0 spiro atoms. The van der Waals surface area contributed by atoms with Gasteiger partial charge in [0.15, 0.2) is 0 Å². The zero-order chi connectivity index (χ0) is 18.1.